The smallest absolute Gasteiger partial charge is 0.151 e. The second-order valence-corrected chi connectivity index (χ2v) is 5.30. The van der Waals surface area contributed by atoms with E-state index in [1.54, 1.807) is 0 Å². The highest BCUT2D eigenvalue weighted by Gasteiger charge is 2.24. The molecule has 1 saturated carbocycles. The number of hydrogen-bond acceptors (Lipinski definition) is 4. The predicted octanol–water partition coefficient (Wildman–Crippen LogP) is 2.08. The maximum absolute atomic E-state index is 5.88. The number of aromatic nitrogens is 1. The Morgan fingerprint density at radius 2 is 2.17 bits per heavy atom. The first-order valence-corrected chi connectivity index (χ1v) is 6.81. The lowest BCUT2D eigenvalue weighted by Crippen LogP contribution is -2.37. The first kappa shape index (κ1) is 13.1. The molecule has 100 valence electrons. The molecule has 4 nitrogen and oxygen atoms in total. The van der Waals surface area contributed by atoms with Crippen molar-refractivity contribution in [1.82, 2.24) is 4.98 Å². The van der Waals surface area contributed by atoms with Crippen LogP contribution in [0.1, 0.15) is 25.7 Å². The summed E-state index contributed by atoms with van der Waals surface area (Å²) in [4.78, 5) is 6.47. The van der Waals surface area contributed by atoms with Crippen molar-refractivity contribution in [1.29, 1.82) is 0 Å². The minimum Gasteiger partial charge on any atom is -0.379 e. The van der Waals surface area contributed by atoms with Gasteiger partial charge in [-0.15, -0.1) is 0 Å². The van der Waals surface area contributed by atoms with E-state index >= 15 is 0 Å². The first-order valence-electron chi connectivity index (χ1n) is 6.81. The molecule has 18 heavy (non-hydrogen) atoms. The highest BCUT2D eigenvalue weighted by Crippen LogP contribution is 2.29. The number of nitrogens with two attached hydrogens (primary N) is 1. The van der Waals surface area contributed by atoms with Crippen molar-refractivity contribution in [2.24, 2.45) is 11.7 Å². The summed E-state index contributed by atoms with van der Waals surface area (Å²) in [6.07, 6.45) is 6.90. The standard InChI is InChI=1S/C14H24N4/c1-18(2)14-13(8-5-9-16-14)17-12-7-4-3-6-11(12)10-15/h5,8-9,11-12,17H,3-4,6-7,10,15H2,1-2H3. The van der Waals surface area contributed by atoms with Crippen molar-refractivity contribution in [2.45, 2.75) is 31.7 Å². The first-order chi connectivity index (χ1) is 8.72. The van der Waals surface area contributed by atoms with Crippen LogP contribution in [0.4, 0.5) is 11.5 Å². The number of nitrogens with zero attached hydrogens (tertiary/aromatic N) is 2. The SMILES string of the molecule is CN(C)c1ncccc1NC1CCCCC1CN. The maximum atomic E-state index is 5.88. The maximum Gasteiger partial charge on any atom is 0.151 e. The zero-order valence-corrected chi connectivity index (χ0v) is 11.4. The van der Waals surface area contributed by atoms with Crippen molar-refractivity contribution in [2.75, 3.05) is 30.9 Å². The number of nitrogens with one attached hydrogen (secondary N) is 1. The Labute approximate surface area is 110 Å². The van der Waals surface area contributed by atoms with Crippen molar-refractivity contribution >= 4 is 11.5 Å². The van der Waals surface area contributed by atoms with Crippen LogP contribution in [0.5, 0.6) is 0 Å². The summed E-state index contributed by atoms with van der Waals surface area (Å²) in [5.74, 6) is 1.59. The molecule has 0 amide bonds. The van der Waals surface area contributed by atoms with Gasteiger partial charge in [0.05, 0.1) is 5.69 Å². The van der Waals surface area contributed by atoms with Crippen LogP contribution in [0.25, 0.3) is 0 Å². The van der Waals surface area contributed by atoms with Crippen molar-refractivity contribution in [3.05, 3.63) is 18.3 Å². The highest BCUT2D eigenvalue weighted by molar-refractivity contribution is 5.65. The summed E-state index contributed by atoms with van der Waals surface area (Å²) in [5.41, 5.74) is 7.00. The fraction of sp³-hybridized carbons (Fsp3) is 0.643. The Hall–Kier alpha value is -1.29. The predicted molar refractivity (Wildman–Crippen MR) is 77.0 cm³/mol. The number of hydrogen-bond donors (Lipinski definition) is 2. The Kier molecular flexibility index (Phi) is 4.42. The fourth-order valence-corrected chi connectivity index (χ4v) is 2.75. The lowest BCUT2D eigenvalue weighted by Gasteiger charge is -2.33. The van der Waals surface area contributed by atoms with Crippen LogP contribution >= 0.6 is 0 Å². The van der Waals surface area contributed by atoms with Gasteiger partial charge >= 0.3 is 0 Å². The van der Waals surface area contributed by atoms with E-state index in [1.807, 2.05) is 31.3 Å². The largest absolute Gasteiger partial charge is 0.379 e. The molecule has 2 atom stereocenters. The average Bonchev–Trinajstić information content (AvgIpc) is 2.40. The van der Waals surface area contributed by atoms with E-state index in [1.165, 1.54) is 25.7 Å². The van der Waals surface area contributed by atoms with E-state index in [2.05, 4.69) is 16.4 Å². The Balaban J connectivity index is 2.12. The van der Waals surface area contributed by atoms with Crippen LogP contribution in [-0.2, 0) is 0 Å². The molecule has 0 saturated heterocycles. The Morgan fingerprint density at radius 3 is 2.89 bits per heavy atom. The molecule has 3 N–H and O–H groups in total. The summed E-state index contributed by atoms with van der Waals surface area (Å²) >= 11 is 0. The third kappa shape index (κ3) is 2.93. The number of anilines is 2. The molecule has 1 fully saturated rings. The third-order valence-corrected chi connectivity index (χ3v) is 3.76. The third-order valence-electron chi connectivity index (χ3n) is 3.76. The van der Waals surface area contributed by atoms with E-state index in [-0.39, 0.29) is 0 Å². The van der Waals surface area contributed by atoms with E-state index in [4.69, 9.17) is 5.73 Å². The second kappa shape index (κ2) is 6.05. The Morgan fingerprint density at radius 1 is 1.39 bits per heavy atom. The van der Waals surface area contributed by atoms with Gasteiger partial charge in [-0.3, -0.25) is 0 Å². The number of pyridine rings is 1. The molecule has 0 bridgehead atoms. The van der Waals surface area contributed by atoms with Gasteiger partial charge in [0.25, 0.3) is 0 Å². The van der Waals surface area contributed by atoms with Gasteiger partial charge in [0.1, 0.15) is 0 Å². The van der Waals surface area contributed by atoms with Gasteiger partial charge in [0, 0.05) is 26.3 Å². The van der Waals surface area contributed by atoms with Gasteiger partial charge in [-0.25, -0.2) is 4.98 Å². The van der Waals surface area contributed by atoms with Crippen LogP contribution in [0, 0.1) is 5.92 Å². The highest BCUT2D eigenvalue weighted by atomic mass is 15.2. The van der Waals surface area contributed by atoms with Crippen LogP contribution < -0.4 is 16.0 Å². The van der Waals surface area contributed by atoms with Gasteiger partial charge in [-0.05, 0) is 37.4 Å². The van der Waals surface area contributed by atoms with E-state index < -0.39 is 0 Å². The van der Waals surface area contributed by atoms with Gasteiger partial charge in [0.2, 0.25) is 0 Å². The van der Waals surface area contributed by atoms with Crippen molar-refractivity contribution in [3.8, 4) is 0 Å². The molecule has 0 radical (unpaired) electrons. The molecule has 0 aliphatic heterocycles. The van der Waals surface area contributed by atoms with Crippen LogP contribution in [0.2, 0.25) is 0 Å². The number of rotatable bonds is 4. The summed E-state index contributed by atoms with van der Waals surface area (Å²) < 4.78 is 0. The molecule has 1 aromatic rings. The molecule has 2 rings (SSSR count). The lowest BCUT2D eigenvalue weighted by atomic mass is 9.84. The van der Waals surface area contributed by atoms with Crippen molar-refractivity contribution in [3.63, 3.8) is 0 Å². The molecular weight excluding hydrogens is 224 g/mol. The molecule has 1 aliphatic rings. The molecule has 1 aliphatic carbocycles. The minimum atomic E-state index is 0.492. The molecular formula is C14H24N4. The second-order valence-electron chi connectivity index (χ2n) is 5.30. The van der Waals surface area contributed by atoms with E-state index in [9.17, 15) is 0 Å². The topological polar surface area (TPSA) is 54.2 Å². The lowest BCUT2D eigenvalue weighted by molar-refractivity contribution is 0.332. The fourth-order valence-electron chi connectivity index (χ4n) is 2.75. The van der Waals surface area contributed by atoms with E-state index in [0.29, 0.717) is 12.0 Å². The summed E-state index contributed by atoms with van der Waals surface area (Å²) in [6.45, 7) is 0.773. The summed E-state index contributed by atoms with van der Waals surface area (Å²) in [7, 11) is 4.05. The van der Waals surface area contributed by atoms with Crippen LogP contribution in [-0.4, -0.2) is 31.7 Å². The zero-order chi connectivity index (χ0) is 13.0. The van der Waals surface area contributed by atoms with Gasteiger partial charge in [0.15, 0.2) is 5.82 Å². The monoisotopic (exact) mass is 248 g/mol. The zero-order valence-electron chi connectivity index (χ0n) is 11.4. The van der Waals surface area contributed by atoms with Crippen LogP contribution in [0.3, 0.4) is 0 Å². The van der Waals surface area contributed by atoms with Crippen LogP contribution in [0.15, 0.2) is 18.3 Å². The van der Waals surface area contributed by atoms with Gasteiger partial charge < -0.3 is 16.0 Å². The summed E-state index contributed by atoms with van der Waals surface area (Å²) in [5, 5.41) is 3.65. The quantitative estimate of drug-likeness (QED) is 0.856. The summed E-state index contributed by atoms with van der Waals surface area (Å²) in [6, 6.07) is 4.58. The molecule has 2 unspecified atom stereocenters. The molecule has 0 aromatic carbocycles. The van der Waals surface area contributed by atoms with E-state index in [0.717, 1.165) is 18.1 Å². The minimum absolute atomic E-state index is 0.492. The normalized spacial score (nSPS) is 23.7. The molecule has 1 aromatic heterocycles. The molecule has 0 spiro atoms. The van der Waals surface area contributed by atoms with Crippen molar-refractivity contribution < 1.29 is 0 Å². The average molecular weight is 248 g/mol. The van der Waals surface area contributed by atoms with Gasteiger partial charge in [-0.2, -0.15) is 0 Å². The van der Waals surface area contributed by atoms with Gasteiger partial charge in [-0.1, -0.05) is 12.8 Å². The Bertz CT molecular complexity index is 378. The molecule has 4 heteroatoms. The molecule has 1 heterocycles.